The van der Waals surface area contributed by atoms with E-state index in [0.29, 0.717) is 6.42 Å². The summed E-state index contributed by atoms with van der Waals surface area (Å²) in [5.74, 6) is 1.50. The van der Waals surface area contributed by atoms with Gasteiger partial charge in [0.15, 0.2) is 12.6 Å². The van der Waals surface area contributed by atoms with Gasteiger partial charge in [-0.2, -0.15) is 0 Å². The molecule has 5 rings (SSSR count). The van der Waals surface area contributed by atoms with E-state index in [2.05, 4.69) is 16.8 Å². The smallest absolute Gasteiger partial charge is 0.311 e. The van der Waals surface area contributed by atoms with Crippen LogP contribution in [0.15, 0.2) is 36.5 Å². The number of methoxy groups -OCH3 is 1. The number of hydrogen-bond donors (Lipinski definition) is 4. The van der Waals surface area contributed by atoms with Crippen LogP contribution < -0.4 is 0 Å². The van der Waals surface area contributed by atoms with Gasteiger partial charge >= 0.3 is 5.97 Å². The number of carbonyl (C=O) groups is 2. The number of aliphatic hydroxyl groups is 4. The van der Waals surface area contributed by atoms with Gasteiger partial charge in [-0.15, -0.1) is 11.3 Å². The zero-order chi connectivity index (χ0) is 48.2. The molecule has 0 amide bonds. The van der Waals surface area contributed by atoms with Crippen LogP contribution in [-0.4, -0.2) is 154 Å². The van der Waals surface area contributed by atoms with E-state index >= 15 is 0 Å². The Hall–Kier alpha value is -2.89. The van der Waals surface area contributed by atoms with Crippen molar-refractivity contribution in [3.63, 3.8) is 0 Å². The zero-order valence-corrected chi connectivity index (χ0v) is 41.2. The molecule has 3 saturated heterocycles. The van der Waals surface area contributed by atoms with E-state index in [0.717, 1.165) is 15.4 Å². The Kier molecular flexibility index (Phi) is 18.0. The average Bonchev–Trinajstić information content (AvgIpc) is 3.75. The van der Waals surface area contributed by atoms with Crippen molar-refractivity contribution in [2.24, 2.45) is 23.7 Å². The van der Waals surface area contributed by atoms with Crippen molar-refractivity contribution in [1.82, 2.24) is 9.88 Å². The number of hydrogen-bond acceptors (Lipinski definition) is 16. The summed E-state index contributed by atoms with van der Waals surface area (Å²) in [6, 6.07) is 9.25. The summed E-state index contributed by atoms with van der Waals surface area (Å²) < 4.78 is 45.3. The Labute approximate surface area is 389 Å². The highest BCUT2D eigenvalue weighted by Crippen LogP contribution is 2.42. The van der Waals surface area contributed by atoms with Gasteiger partial charge in [0.2, 0.25) is 0 Å². The molecule has 0 aliphatic carbocycles. The molecule has 2 aromatic heterocycles. The van der Waals surface area contributed by atoms with Gasteiger partial charge in [-0.05, 0) is 99.2 Å². The van der Waals surface area contributed by atoms with E-state index in [4.69, 9.17) is 33.2 Å². The number of nitrogens with zero attached hydrogens (tertiary/aromatic N) is 2. The van der Waals surface area contributed by atoms with Crippen molar-refractivity contribution < 1.29 is 63.2 Å². The van der Waals surface area contributed by atoms with E-state index in [9.17, 15) is 30.0 Å². The zero-order valence-electron chi connectivity index (χ0n) is 40.4. The monoisotopic (exact) mass is 930 g/mol. The van der Waals surface area contributed by atoms with Gasteiger partial charge in [-0.1, -0.05) is 45.6 Å². The molecule has 3 fully saturated rings. The maximum Gasteiger partial charge on any atom is 0.311 e. The lowest BCUT2D eigenvalue weighted by Gasteiger charge is -2.50. The predicted octanol–water partition coefficient (Wildman–Crippen LogP) is 4.99. The van der Waals surface area contributed by atoms with Crippen LogP contribution in [0, 0.1) is 35.5 Å². The van der Waals surface area contributed by atoms with Gasteiger partial charge in [0.25, 0.3) is 0 Å². The molecule has 0 radical (unpaired) electrons. The van der Waals surface area contributed by atoms with E-state index in [1.807, 2.05) is 63.2 Å². The lowest BCUT2D eigenvalue weighted by atomic mass is 9.73. The molecule has 0 saturated carbocycles. The molecule has 0 unspecified atom stereocenters. The fraction of sp³-hybridized carbons (Fsp3) is 0.735. The van der Waals surface area contributed by atoms with Crippen LogP contribution in [0.2, 0.25) is 0 Å². The van der Waals surface area contributed by atoms with E-state index in [1.54, 1.807) is 54.7 Å². The fourth-order valence-electron chi connectivity index (χ4n) is 9.90. The highest BCUT2D eigenvalue weighted by molar-refractivity contribution is 7.16. The number of ketones is 1. The van der Waals surface area contributed by atoms with Crippen molar-refractivity contribution in [2.45, 2.75) is 179 Å². The third kappa shape index (κ3) is 12.1. The number of cyclic esters (lactones) is 1. The summed E-state index contributed by atoms with van der Waals surface area (Å²) in [5.41, 5.74) is -3.69. The maximum absolute atomic E-state index is 14.5. The first-order chi connectivity index (χ1) is 30.5. The lowest BCUT2D eigenvalue weighted by Crippen LogP contribution is -2.61. The second kappa shape index (κ2) is 22.0. The first-order valence-corrected chi connectivity index (χ1v) is 23.8. The van der Waals surface area contributed by atoms with Crippen LogP contribution >= 0.6 is 11.3 Å². The number of likely N-dealkylation sites (N-methyl/N-ethyl adjacent to an activating group) is 1. The van der Waals surface area contributed by atoms with Gasteiger partial charge in [0.05, 0.1) is 63.1 Å². The van der Waals surface area contributed by atoms with Crippen LogP contribution in [0.1, 0.15) is 99.8 Å². The number of aromatic nitrogens is 1. The molecule has 16 heteroatoms. The van der Waals surface area contributed by atoms with Crippen LogP contribution in [0.4, 0.5) is 0 Å². The lowest BCUT2D eigenvalue weighted by molar-refractivity contribution is -0.320. The molecular formula is C49H74N2O13S. The Bertz CT molecular complexity index is 1940. The summed E-state index contributed by atoms with van der Waals surface area (Å²) in [4.78, 5) is 37.1. The molecule has 3 aliphatic heterocycles. The number of esters is 1. The van der Waals surface area contributed by atoms with Crippen molar-refractivity contribution in [3.8, 4) is 22.4 Å². The normalized spacial score (nSPS) is 41.3. The minimum atomic E-state index is -2.02. The van der Waals surface area contributed by atoms with E-state index in [1.165, 1.54) is 25.4 Å². The van der Waals surface area contributed by atoms with Gasteiger partial charge < -0.3 is 58.5 Å². The summed E-state index contributed by atoms with van der Waals surface area (Å²) in [6.07, 6.45) is -7.80. The quantitative estimate of drug-likeness (QED) is 0.184. The summed E-state index contributed by atoms with van der Waals surface area (Å²) in [6.45, 7) is 16.9. The van der Waals surface area contributed by atoms with Gasteiger partial charge in [-0.25, -0.2) is 0 Å². The number of ether oxygens (including phenoxy) is 7. The number of aliphatic hydroxyl groups excluding tert-OH is 3. The highest BCUT2D eigenvalue weighted by Gasteiger charge is 2.54. The Balaban J connectivity index is 1.65. The van der Waals surface area contributed by atoms with Crippen molar-refractivity contribution in [3.05, 3.63) is 41.4 Å². The molecule has 0 aromatic carbocycles. The molecule has 18 atom stereocenters. The number of pyridine rings is 1. The number of thiophene rings is 1. The SMILES string of the molecule is CC[C@H]1OC(=O)[C@H](C)[C@@H](O[C@H]2C[C@@](C)(OC)[C@@H](O)[C@H](C)O2)[C@H](C)[C@@H](O[C@@H]2O[C@H](C)C[C@H](N(C)C)[C@H]2O)[C@@](C)(OCC#Cc2ccc(-c3ccccn3)s2)C[C@@H](C)C(=O)[C@H](C)[C@@H](O)[C@]1(C)O. The predicted molar refractivity (Wildman–Crippen MR) is 244 cm³/mol. The van der Waals surface area contributed by atoms with Crippen LogP contribution in [0.3, 0.4) is 0 Å². The minimum absolute atomic E-state index is 0.0215. The molecule has 0 bridgehead atoms. The second-order valence-electron chi connectivity index (χ2n) is 19.4. The maximum atomic E-state index is 14.5. The largest absolute Gasteiger partial charge is 0.459 e. The Morgan fingerprint density at radius 1 is 0.923 bits per heavy atom. The molecule has 2 aromatic rings. The van der Waals surface area contributed by atoms with E-state index in [-0.39, 0.29) is 43.8 Å². The van der Waals surface area contributed by atoms with Crippen molar-refractivity contribution in [2.75, 3.05) is 27.8 Å². The highest BCUT2D eigenvalue weighted by atomic mass is 32.1. The average molecular weight is 931 g/mol. The molecule has 364 valence electrons. The topological polar surface area (TPSA) is 196 Å². The first kappa shape index (κ1) is 53.1. The van der Waals surface area contributed by atoms with Gasteiger partial charge in [-0.3, -0.25) is 14.6 Å². The number of Topliss-reactive ketones (excluding diaryl/α,β-unsaturated/α-hetero) is 1. The van der Waals surface area contributed by atoms with Crippen LogP contribution in [0.25, 0.3) is 10.6 Å². The Morgan fingerprint density at radius 2 is 1.63 bits per heavy atom. The molecule has 0 spiro atoms. The standard InChI is InChI=1S/C49H74N2O13S/c1-14-37-49(10,57)42(54)29(4)39(52)27(2)25-48(9,59-23-17-18-33-20-21-36(65-33)34-19-15-16-22-50-34)44(64-46-40(53)35(51(11)12)24-28(3)60-46)30(5)41(31(6)45(56)62-37)63-38-26-47(8,58-13)43(55)32(7)61-38/h15-16,19-22,27-32,35,37-38,40-44,46,53-55,57H,14,23-26H2,1-13H3/t27-,28-,29+,30+,31-,32+,35+,37-,38+,40-,41+,42-,43+,44-,46+,47-,48+,49-/m1/s1. The van der Waals surface area contributed by atoms with E-state index < -0.39 is 102 Å². The van der Waals surface area contributed by atoms with Crippen molar-refractivity contribution >= 4 is 23.1 Å². The van der Waals surface area contributed by atoms with Crippen LogP contribution in [0.5, 0.6) is 0 Å². The molecule has 15 nitrogen and oxygen atoms in total. The molecule has 65 heavy (non-hydrogen) atoms. The summed E-state index contributed by atoms with van der Waals surface area (Å²) in [7, 11) is 5.26. The fourth-order valence-corrected chi connectivity index (χ4v) is 10.8. The first-order valence-electron chi connectivity index (χ1n) is 23.0. The third-order valence-electron chi connectivity index (χ3n) is 14.0. The minimum Gasteiger partial charge on any atom is -0.459 e. The number of rotatable bonds is 10. The van der Waals surface area contributed by atoms with Gasteiger partial charge in [0.1, 0.15) is 36.3 Å². The molecule has 3 aliphatic rings. The second-order valence-corrected chi connectivity index (χ2v) is 20.5. The molecular weight excluding hydrogens is 857 g/mol. The van der Waals surface area contributed by atoms with Crippen LogP contribution in [-0.2, 0) is 42.7 Å². The molecule has 5 heterocycles. The van der Waals surface area contributed by atoms with Gasteiger partial charge in [0, 0.05) is 43.5 Å². The summed E-state index contributed by atoms with van der Waals surface area (Å²) in [5, 5.41) is 46.6. The number of carbonyl (C=O) groups excluding carboxylic acids is 2. The third-order valence-corrected chi connectivity index (χ3v) is 15.0. The summed E-state index contributed by atoms with van der Waals surface area (Å²) >= 11 is 1.49. The Morgan fingerprint density at radius 3 is 2.26 bits per heavy atom. The molecule has 4 N–H and O–H groups in total. The van der Waals surface area contributed by atoms with Crippen molar-refractivity contribution in [1.29, 1.82) is 0 Å².